The first-order valence-corrected chi connectivity index (χ1v) is 9.40. The third-order valence-corrected chi connectivity index (χ3v) is 6.91. The molecule has 0 amide bonds. The van der Waals surface area contributed by atoms with E-state index in [2.05, 4.69) is 6.92 Å². The lowest BCUT2D eigenvalue weighted by Crippen LogP contribution is -2.38. The van der Waals surface area contributed by atoms with Crippen molar-refractivity contribution in [2.45, 2.75) is 90.4 Å². The van der Waals surface area contributed by atoms with Crippen molar-refractivity contribution in [2.24, 2.45) is 29.6 Å². The van der Waals surface area contributed by atoms with E-state index in [4.69, 9.17) is 0 Å². The molecule has 0 spiro atoms. The summed E-state index contributed by atoms with van der Waals surface area (Å²) in [5.41, 5.74) is 0. The van der Waals surface area contributed by atoms with Gasteiger partial charge < -0.3 is 0 Å². The van der Waals surface area contributed by atoms with E-state index in [1.165, 1.54) is 32.1 Å². The molecule has 3 rings (SSSR count). The van der Waals surface area contributed by atoms with Gasteiger partial charge in [-0.05, 0) is 42.4 Å². The molecule has 0 N–H and O–H groups in total. The molecular formula is C19H34. The van der Waals surface area contributed by atoms with E-state index in [1.807, 2.05) is 0 Å². The Balaban J connectivity index is 1.69. The third-order valence-electron chi connectivity index (χ3n) is 6.91. The SMILES string of the molecule is CCC(C1CCCCC1)C1CCCC2CCCCC21. The van der Waals surface area contributed by atoms with E-state index in [0.29, 0.717) is 0 Å². The monoisotopic (exact) mass is 262 g/mol. The summed E-state index contributed by atoms with van der Waals surface area (Å²) >= 11 is 0. The Kier molecular flexibility index (Phi) is 4.87. The summed E-state index contributed by atoms with van der Waals surface area (Å²) in [6, 6.07) is 0. The van der Waals surface area contributed by atoms with E-state index in [9.17, 15) is 0 Å². The Hall–Kier alpha value is 0. The second-order valence-corrected chi connectivity index (χ2v) is 7.77. The molecule has 0 aromatic carbocycles. The minimum Gasteiger partial charge on any atom is -0.0651 e. The highest BCUT2D eigenvalue weighted by Crippen LogP contribution is 2.50. The maximum atomic E-state index is 2.49. The molecule has 0 nitrogen and oxygen atoms in total. The Labute approximate surface area is 120 Å². The highest BCUT2D eigenvalue weighted by atomic mass is 14.5. The van der Waals surface area contributed by atoms with Gasteiger partial charge in [-0.25, -0.2) is 0 Å². The van der Waals surface area contributed by atoms with Crippen molar-refractivity contribution in [2.75, 3.05) is 0 Å². The van der Waals surface area contributed by atoms with Gasteiger partial charge in [-0.2, -0.15) is 0 Å². The maximum Gasteiger partial charge on any atom is -0.0352 e. The standard InChI is InChI=1S/C19H34/c1-2-17(15-9-4-3-5-10-15)19-14-8-12-16-11-6-7-13-18(16)19/h15-19H,2-14H2,1H3. The number of rotatable bonds is 3. The Morgan fingerprint density at radius 1 is 0.737 bits per heavy atom. The molecule has 4 atom stereocenters. The van der Waals surface area contributed by atoms with E-state index in [0.717, 1.165) is 29.6 Å². The molecule has 3 aliphatic rings. The van der Waals surface area contributed by atoms with Crippen molar-refractivity contribution in [3.63, 3.8) is 0 Å². The van der Waals surface area contributed by atoms with Gasteiger partial charge in [0.1, 0.15) is 0 Å². The summed E-state index contributed by atoms with van der Waals surface area (Å²) < 4.78 is 0. The fourth-order valence-electron chi connectivity index (χ4n) is 6.07. The normalized spacial score (nSPS) is 38.7. The minimum absolute atomic E-state index is 1.09. The molecule has 0 aromatic heterocycles. The lowest BCUT2D eigenvalue weighted by atomic mass is 9.58. The Morgan fingerprint density at radius 2 is 1.42 bits per heavy atom. The van der Waals surface area contributed by atoms with Crippen molar-refractivity contribution in [3.8, 4) is 0 Å². The molecule has 0 aromatic rings. The predicted octanol–water partition coefficient (Wildman–Crippen LogP) is 6.20. The lowest BCUT2D eigenvalue weighted by molar-refractivity contribution is 0.0304. The lowest BCUT2D eigenvalue weighted by Gasteiger charge is -2.47. The zero-order chi connectivity index (χ0) is 13.1. The molecule has 19 heavy (non-hydrogen) atoms. The van der Waals surface area contributed by atoms with Crippen molar-refractivity contribution in [1.82, 2.24) is 0 Å². The van der Waals surface area contributed by atoms with Crippen LogP contribution in [0.25, 0.3) is 0 Å². The first-order valence-electron chi connectivity index (χ1n) is 9.40. The van der Waals surface area contributed by atoms with E-state index in [-0.39, 0.29) is 0 Å². The van der Waals surface area contributed by atoms with Crippen LogP contribution in [0.1, 0.15) is 90.4 Å². The van der Waals surface area contributed by atoms with Crippen LogP contribution in [-0.2, 0) is 0 Å². The molecule has 110 valence electrons. The largest absolute Gasteiger partial charge is 0.0651 e. The zero-order valence-electron chi connectivity index (χ0n) is 13.1. The zero-order valence-corrected chi connectivity index (χ0v) is 13.1. The van der Waals surface area contributed by atoms with Gasteiger partial charge >= 0.3 is 0 Å². The van der Waals surface area contributed by atoms with Gasteiger partial charge in [0.2, 0.25) is 0 Å². The molecule has 3 fully saturated rings. The van der Waals surface area contributed by atoms with Crippen molar-refractivity contribution >= 4 is 0 Å². The molecule has 3 saturated carbocycles. The molecule has 0 aliphatic heterocycles. The highest BCUT2D eigenvalue weighted by molar-refractivity contribution is 4.90. The molecule has 0 bridgehead atoms. The molecular weight excluding hydrogens is 228 g/mol. The Bertz CT molecular complexity index is 261. The average Bonchev–Trinajstić information content (AvgIpc) is 2.49. The summed E-state index contributed by atoms with van der Waals surface area (Å²) in [6.07, 6.45) is 20.1. The second kappa shape index (κ2) is 6.64. The maximum absolute atomic E-state index is 2.49. The van der Waals surface area contributed by atoms with Crippen molar-refractivity contribution in [3.05, 3.63) is 0 Å². The van der Waals surface area contributed by atoms with Gasteiger partial charge in [-0.1, -0.05) is 77.6 Å². The third kappa shape index (κ3) is 3.03. The first-order chi connectivity index (χ1) is 9.40. The van der Waals surface area contributed by atoms with Crippen LogP contribution in [-0.4, -0.2) is 0 Å². The van der Waals surface area contributed by atoms with E-state index in [1.54, 1.807) is 51.4 Å². The van der Waals surface area contributed by atoms with Gasteiger partial charge in [0.25, 0.3) is 0 Å². The van der Waals surface area contributed by atoms with Crippen LogP contribution in [0.15, 0.2) is 0 Å². The molecule has 0 saturated heterocycles. The predicted molar refractivity (Wildman–Crippen MR) is 83.1 cm³/mol. The number of hydrogen-bond donors (Lipinski definition) is 0. The Morgan fingerprint density at radius 3 is 2.21 bits per heavy atom. The van der Waals surface area contributed by atoms with E-state index < -0.39 is 0 Å². The van der Waals surface area contributed by atoms with Gasteiger partial charge in [0.15, 0.2) is 0 Å². The molecule has 0 heterocycles. The summed E-state index contributed by atoms with van der Waals surface area (Å²) in [5, 5.41) is 0. The van der Waals surface area contributed by atoms with Crippen LogP contribution in [0.4, 0.5) is 0 Å². The second-order valence-electron chi connectivity index (χ2n) is 7.77. The van der Waals surface area contributed by atoms with Crippen molar-refractivity contribution < 1.29 is 0 Å². The minimum atomic E-state index is 1.09. The number of fused-ring (bicyclic) bond motifs is 1. The quantitative estimate of drug-likeness (QED) is 0.568. The van der Waals surface area contributed by atoms with Crippen LogP contribution >= 0.6 is 0 Å². The van der Waals surface area contributed by atoms with Gasteiger partial charge in [0.05, 0.1) is 0 Å². The molecule has 0 heteroatoms. The van der Waals surface area contributed by atoms with Crippen LogP contribution in [0.3, 0.4) is 0 Å². The molecule has 3 aliphatic carbocycles. The van der Waals surface area contributed by atoms with E-state index >= 15 is 0 Å². The molecule has 0 radical (unpaired) electrons. The van der Waals surface area contributed by atoms with Gasteiger partial charge in [-0.15, -0.1) is 0 Å². The summed E-state index contributed by atoms with van der Waals surface area (Å²) in [4.78, 5) is 0. The van der Waals surface area contributed by atoms with Crippen LogP contribution in [0.5, 0.6) is 0 Å². The fourth-order valence-corrected chi connectivity index (χ4v) is 6.07. The topological polar surface area (TPSA) is 0 Å². The first kappa shape index (κ1) is 14.0. The average molecular weight is 262 g/mol. The van der Waals surface area contributed by atoms with Crippen LogP contribution in [0, 0.1) is 29.6 Å². The highest BCUT2D eigenvalue weighted by Gasteiger charge is 2.40. The number of hydrogen-bond acceptors (Lipinski definition) is 0. The summed E-state index contributed by atoms with van der Waals surface area (Å²) in [5.74, 6) is 5.57. The van der Waals surface area contributed by atoms with Crippen LogP contribution < -0.4 is 0 Å². The fraction of sp³-hybridized carbons (Fsp3) is 1.00. The summed E-state index contributed by atoms with van der Waals surface area (Å²) in [6.45, 7) is 2.49. The van der Waals surface area contributed by atoms with Crippen LogP contribution in [0.2, 0.25) is 0 Å². The van der Waals surface area contributed by atoms with Crippen molar-refractivity contribution in [1.29, 1.82) is 0 Å². The van der Waals surface area contributed by atoms with Gasteiger partial charge in [-0.3, -0.25) is 0 Å². The molecule has 4 unspecified atom stereocenters. The smallest absolute Gasteiger partial charge is 0.0352 e. The summed E-state index contributed by atoms with van der Waals surface area (Å²) in [7, 11) is 0. The van der Waals surface area contributed by atoms with Gasteiger partial charge in [0, 0.05) is 0 Å².